The number of benzene rings is 6. The Bertz CT molecular complexity index is 2110. The standard InChI is InChI=1S/C36H23NO/c1-2-9-24(10-3-1)25-17-20-27(21-18-25)37-33-15-6-4-11-29(33)32-23-26(19-22-34(32)37)28-13-8-14-31-30-12-5-7-16-35(30)38-36(28)31/h1-23H. The second kappa shape index (κ2) is 8.22. The van der Waals surface area contributed by atoms with E-state index in [0.717, 1.165) is 38.8 Å². The topological polar surface area (TPSA) is 18.1 Å². The second-order valence-electron chi connectivity index (χ2n) is 9.78. The number of hydrogen-bond donors (Lipinski definition) is 0. The van der Waals surface area contributed by atoms with Gasteiger partial charge in [0.05, 0.1) is 11.0 Å². The minimum Gasteiger partial charge on any atom is -0.455 e. The van der Waals surface area contributed by atoms with Gasteiger partial charge in [0, 0.05) is 32.8 Å². The van der Waals surface area contributed by atoms with Crippen molar-refractivity contribution in [3.8, 4) is 27.9 Å². The van der Waals surface area contributed by atoms with Gasteiger partial charge in [0.2, 0.25) is 0 Å². The molecule has 0 aliphatic carbocycles. The number of hydrogen-bond acceptors (Lipinski definition) is 1. The van der Waals surface area contributed by atoms with Crippen LogP contribution in [0.1, 0.15) is 0 Å². The Morgan fingerprint density at radius 2 is 1.08 bits per heavy atom. The van der Waals surface area contributed by atoms with Crippen molar-refractivity contribution in [3.63, 3.8) is 0 Å². The molecule has 0 saturated carbocycles. The molecule has 2 heterocycles. The van der Waals surface area contributed by atoms with Crippen LogP contribution in [0.25, 0.3) is 71.7 Å². The minimum atomic E-state index is 0.923. The third-order valence-electron chi connectivity index (χ3n) is 7.62. The zero-order valence-corrected chi connectivity index (χ0v) is 20.6. The fourth-order valence-electron chi connectivity index (χ4n) is 5.83. The van der Waals surface area contributed by atoms with Crippen LogP contribution < -0.4 is 0 Å². The van der Waals surface area contributed by atoms with Gasteiger partial charge in [-0.15, -0.1) is 0 Å². The molecule has 0 aliphatic heterocycles. The molecule has 0 radical (unpaired) electrons. The molecule has 0 saturated heterocycles. The maximum Gasteiger partial charge on any atom is 0.143 e. The normalized spacial score (nSPS) is 11.7. The third kappa shape index (κ3) is 3.14. The van der Waals surface area contributed by atoms with Gasteiger partial charge in [-0.2, -0.15) is 0 Å². The molecule has 0 unspecified atom stereocenters. The van der Waals surface area contributed by atoms with Crippen LogP contribution in [0, 0.1) is 0 Å². The van der Waals surface area contributed by atoms with Crippen LogP contribution in [0.3, 0.4) is 0 Å². The van der Waals surface area contributed by atoms with Crippen molar-refractivity contribution < 1.29 is 4.42 Å². The van der Waals surface area contributed by atoms with Gasteiger partial charge in [-0.05, 0) is 53.1 Å². The lowest BCUT2D eigenvalue weighted by Crippen LogP contribution is -1.93. The smallest absolute Gasteiger partial charge is 0.143 e. The molecule has 178 valence electrons. The molecular weight excluding hydrogens is 462 g/mol. The van der Waals surface area contributed by atoms with Crippen LogP contribution in [0.5, 0.6) is 0 Å². The fraction of sp³-hybridized carbons (Fsp3) is 0. The van der Waals surface area contributed by atoms with E-state index in [1.54, 1.807) is 0 Å². The monoisotopic (exact) mass is 485 g/mol. The average Bonchev–Trinajstić information content (AvgIpc) is 3.53. The molecule has 8 rings (SSSR count). The van der Waals surface area contributed by atoms with E-state index in [2.05, 4.69) is 132 Å². The second-order valence-corrected chi connectivity index (χ2v) is 9.78. The van der Waals surface area contributed by atoms with Gasteiger partial charge in [0.15, 0.2) is 0 Å². The zero-order chi connectivity index (χ0) is 25.1. The van der Waals surface area contributed by atoms with Crippen molar-refractivity contribution in [2.45, 2.75) is 0 Å². The van der Waals surface area contributed by atoms with E-state index in [1.165, 1.54) is 32.9 Å². The van der Waals surface area contributed by atoms with Gasteiger partial charge < -0.3 is 8.98 Å². The van der Waals surface area contributed by atoms with Crippen molar-refractivity contribution in [2.75, 3.05) is 0 Å². The predicted molar refractivity (Wildman–Crippen MR) is 159 cm³/mol. The Labute approximate surface area is 220 Å². The summed E-state index contributed by atoms with van der Waals surface area (Å²) in [7, 11) is 0. The molecule has 0 aliphatic rings. The molecule has 2 heteroatoms. The van der Waals surface area contributed by atoms with Gasteiger partial charge in [-0.3, -0.25) is 0 Å². The van der Waals surface area contributed by atoms with E-state index in [0.29, 0.717) is 0 Å². The highest BCUT2D eigenvalue weighted by Gasteiger charge is 2.16. The fourth-order valence-corrected chi connectivity index (χ4v) is 5.83. The summed E-state index contributed by atoms with van der Waals surface area (Å²) in [4.78, 5) is 0. The molecule has 0 atom stereocenters. The summed E-state index contributed by atoms with van der Waals surface area (Å²) >= 11 is 0. The van der Waals surface area contributed by atoms with E-state index in [1.807, 2.05) is 12.1 Å². The van der Waals surface area contributed by atoms with E-state index < -0.39 is 0 Å². The molecular formula is C36H23NO. The summed E-state index contributed by atoms with van der Waals surface area (Å²) in [6.07, 6.45) is 0. The number of rotatable bonds is 3. The largest absolute Gasteiger partial charge is 0.455 e. The van der Waals surface area contributed by atoms with Crippen molar-refractivity contribution in [1.82, 2.24) is 4.57 Å². The Morgan fingerprint density at radius 3 is 1.95 bits per heavy atom. The van der Waals surface area contributed by atoms with E-state index in [4.69, 9.17) is 4.42 Å². The van der Waals surface area contributed by atoms with Crippen LogP contribution in [0.15, 0.2) is 144 Å². The Balaban J connectivity index is 1.32. The van der Waals surface area contributed by atoms with Gasteiger partial charge in [0.25, 0.3) is 0 Å². The summed E-state index contributed by atoms with van der Waals surface area (Å²) in [6.45, 7) is 0. The predicted octanol–water partition coefficient (Wildman–Crippen LogP) is 10.0. The Morgan fingerprint density at radius 1 is 0.421 bits per heavy atom. The molecule has 0 spiro atoms. The summed E-state index contributed by atoms with van der Waals surface area (Å²) < 4.78 is 8.72. The average molecular weight is 486 g/mol. The number of aromatic nitrogens is 1. The summed E-state index contributed by atoms with van der Waals surface area (Å²) in [5.41, 5.74) is 10.1. The van der Waals surface area contributed by atoms with E-state index in [9.17, 15) is 0 Å². The van der Waals surface area contributed by atoms with Crippen molar-refractivity contribution >= 4 is 43.7 Å². The van der Waals surface area contributed by atoms with Gasteiger partial charge in [-0.25, -0.2) is 0 Å². The van der Waals surface area contributed by atoms with Gasteiger partial charge in [-0.1, -0.05) is 103 Å². The first-order valence-electron chi connectivity index (χ1n) is 12.9. The molecule has 6 aromatic carbocycles. The summed E-state index contributed by atoms with van der Waals surface area (Å²) in [5, 5.41) is 4.78. The highest BCUT2D eigenvalue weighted by atomic mass is 16.3. The highest BCUT2D eigenvalue weighted by molar-refractivity contribution is 6.13. The zero-order valence-electron chi connectivity index (χ0n) is 20.6. The highest BCUT2D eigenvalue weighted by Crippen LogP contribution is 2.39. The number of nitrogens with zero attached hydrogens (tertiary/aromatic N) is 1. The number of fused-ring (bicyclic) bond motifs is 6. The van der Waals surface area contributed by atoms with Crippen molar-refractivity contribution in [2.24, 2.45) is 0 Å². The van der Waals surface area contributed by atoms with Crippen LogP contribution in [0.2, 0.25) is 0 Å². The summed E-state index contributed by atoms with van der Waals surface area (Å²) in [6, 6.07) is 49.5. The molecule has 2 nitrogen and oxygen atoms in total. The van der Waals surface area contributed by atoms with Crippen molar-refractivity contribution in [1.29, 1.82) is 0 Å². The van der Waals surface area contributed by atoms with Crippen LogP contribution in [-0.4, -0.2) is 4.57 Å². The summed E-state index contributed by atoms with van der Waals surface area (Å²) in [5.74, 6) is 0. The number of para-hydroxylation sites is 3. The van der Waals surface area contributed by atoms with Crippen molar-refractivity contribution in [3.05, 3.63) is 140 Å². The third-order valence-corrected chi connectivity index (χ3v) is 7.62. The minimum absolute atomic E-state index is 0.923. The van der Waals surface area contributed by atoms with E-state index in [-0.39, 0.29) is 0 Å². The molecule has 0 amide bonds. The molecule has 0 fully saturated rings. The van der Waals surface area contributed by atoms with E-state index >= 15 is 0 Å². The maximum absolute atomic E-state index is 6.35. The Kier molecular flexibility index (Phi) is 4.55. The maximum atomic E-state index is 6.35. The first kappa shape index (κ1) is 21.0. The quantitative estimate of drug-likeness (QED) is 0.243. The van der Waals surface area contributed by atoms with Crippen LogP contribution in [-0.2, 0) is 0 Å². The lowest BCUT2D eigenvalue weighted by Gasteiger charge is -2.10. The lowest BCUT2D eigenvalue weighted by molar-refractivity contribution is 0.670. The molecule has 38 heavy (non-hydrogen) atoms. The Hall–Kier alpha value is -5.08. The molecule has 0 bridgehead atoms. The molecule has 0 N–H and O–H groups in total. The van der Waals surface area contributed by atoms with Gasteiger partial charge >= 0.3 is 0 Å². The SMILES string of the molecule is c1ccc(-c2ccc(-n3c4ccccc4c4cc(-c5cccc6c5oc5ccccc56)ccc43)cc2)cc1. The molecule has 2 aromatic heterocycles. The first-order valence-corrected chi connectivity index (χ1v) is 12.9. The van der Waals surface area contributed by atoms with Gasteiger partial charge in [0.1, 0.15) is 11.2 Å². The number of furan rings is 1. The van der Waals surface area contributed by atoms with Crippen LogP contribution >= 0.6 is 0 Å². The lowest BCUT2D eigenvalue weighted by atomic mass is 10.0. The molecule has 8 aromatic rings. The van der Waals surface area contributed by atoms with Crippen LogP contribution in [0.4, 0.5) is 0 Å². The first-order chi connectivity index (χ1) is 18.8.